The summed E-state index contributed by atoms with van der Waals surface area (Å²) in [6.45, 7) is 5.68. The normalized spacial score (nSPS) is 12.8. The maximum Gasteiger partial charge on any atom is 0.173 e. The second-order valence-corrected chi connectivity index (χ2v) is 4.31. The van der Waals surface area contributed by atoms with Gasteiger partial charge >= 0.3 is 0 Å². The summed E-state index contributed by atoms with van der Waals surface area (Å²) in [4.78, 5) is 2.13. The topological polar surface area (TPSA) is 67.1 Å². The van der Waals surface area contributed by atoms with Crippen LogP contribution >= 0.6 is 0 Å². The van der Waals surface area contributed by atoms with E-state index in [0.29, 0.717) is 6.54 Å². The molecule has 1 heterocycles. The second kappa shape index (κ2) is 6.40. The van der Waals surface area contributed by atoms with Crippen LogP contribution in [-0.4, -0.2) is 49.9 Å². The Balaban J connectivity index is 2.29. The number of aromatic nitrogens is 4. The third-order valence-corrected chi connectivity index (χ3v) is 3.21. The molecule has 0 aliphatic heterocycles. The molecule has 0 fully saturated rings. The van der Waals surface area contributed by atoms with Crippen molar-refractivity contribution in [1.82, 2.24) is 25.1 Å². The molecule has 2 rings (SSSR count). The van der Waals surface area contributed by atoms with Gasteiger partial charge < -0.3 is 5.11 Å². The van der Waals surface area contributed by atoms with Gasteiger partial charge in [0.25, 0.3) is 0 Å². The summed E-state index contributed by atoms with van der Waals surface area (Å²) >= 11 is 0. The van der Waals surface area contributed by atoms with E-state index in [0.717, 1.165) is 18.1 Å². The number of aliphatic hydroxyl groups is 1. The van der Waals surface area contributed by atoms with E-state index in [2.05, 4.69) is 27.3 Å². The lowest BCUT2D eigenvalue weighted by atomic mass is 10.2. The van der Waals surface area contributed by atoms with Crippen molar-refractivity contribution in [3.8, 4) is 5.69 Å². The van der Waals surface area contributed by atoms with E-state index >= 15 is 0 Å². The molecular weight excluding hydrogens is 242 g/mol. The van der Waals surface area contributed by atoms with Gasteiger partial charge in [-0.15, -0.1) is 5.10 Å². The number of hydrogen-bond donors (Lipinski definition) is 1. The van der Waals surface area contributed by atoms with Crippen LogP contribution < -0.4 is 0 Å². The average molecular weight is 261 g/mol. The van der Waals surface area contributed by atoms with Gasteiger partial charge in [0.2, 0.25) is 0 Å². The number of para-hydroxylation sites is 1. The SMILES string of the molecule is CCN(CCO)C(C)c1nnnn1-c1ccccc1. The molecule has 6 nitrogen and oxygen atoms in total. The number of aliphatic hydroxyl groups excluding tert-OH is 1. The van der Waals surface area contributed by atoms with E-state index in [-0.39, 0.29) is 12.6 Å². The van der Waals surface area contributed by atoms with E-state index < -0.39 is 0 Å². The zero-order valence-electron chi connectivity index (χ0n) is 11.3. The third kappa shape index (κ3) is 2.97. The van der Waals surface area contributed by atoms with Crippen LogP contribution in [0.4, 0.5) is 0 Å². The van der Waals surface area contributed by atoms with Crippen LogP contribution in [0.25, 0.3) is 5.69 Å². The maximum atomic E-state index is 9.10. The second-order valence-electron chi connectivity index (χ2n) is 4.31. The Morgan fingerprint density at radius 3 is 2.68 bits per heavy atom. The summed E-state index contributed by atoms with van der Waals surface area (Å²) in [6.07, 6.45) is 0. The van der Waals surface area contributed by atoms with Crippen molar-refractivity contribution in [2.75, 3.05) is 19.7 Å². The summed E-state index contributed by atoms with van der Waals surface area (Å²) in [5.74, 6) is 0.779. The van der Waals surface area contributed by atoms with Gasteiger partial charge in [-0.2, -0.15) is 4.68 Å². The Morgan fingerprint density at radius 1 is 1.32 bits per heavy atom. The standard InChI is InChI=1S/C13H19N5O/c1-3-17(9-10-19)11(2)13-14-15-16-18(13)12-7-5-4-6-8-12/h4-8,11,19H,3,9-10H2,1-2H3. The van der Waals surface area contributed by atoms with Crippen molar-refractivity contribution < 1.29 is 5.11 Å². The molecule has 0 aliphatic rings. The van der Waals surface area contributed by atoms with Gasteiger partial charge in [0.05, 0.1) is 18.3 Å². The number of tetrazole rings is 1. The third-order valence-electron chi connectivity index (χ3n) is 3.21. The van der Waals surface area contributed by atoms with Gasteiger partial charge in [0.15, 0.2) is 5.82 Å². The maximum absolute atomic E-state index is 9.10. The lowest BCUT2D eigenvalue weighted by molar-refractivity contribution is 0.159. The molecule has 102 valence electrons. The van der Waals surface area contributed by atoms with Gasteiger partial charge in [-0.3, -0.25) is 4.90 Å². The smallest absolute Gasteiger partial charge is 0.173 e. The fourth-order valence-electron chi connectivity index (χ4n) is 2.13. The molecule has 1 aromatic carbocycles. The van der Waals surface area contributed by atoms with Crippen molar-refractivity contribution >= 4 is 0 Å². The molecule has 0 amide bonds. The zero-order valence-corrected chi connectivity index (χ0v) is 11.3. The molecule has 19 heavy (non-hydrogen) atoms. The fourth-order valence-corrected chi connectivity index (χ4v) is 2.13. The minimum absolute atomic E-state index is 0.0485. The van der Waals surface area contributed by atoms with Crippen LogP contribution in [0, 0.1) is 0 Å². The predicted molar refractivity (Wildman–Crippen MR) is 71.9 cm³/mol. The van der Waals surface area contributed by atoms with Gasteiger partial charge in [-0.25, -0.2) is 0 Å². The first-order valence-electron chi connectivity index (χ1n) is 6.46. The molecular formula is C13H19N5O. The van der Waals surface area contributed by atoms with E-state index in [4.69, 9.17) is 5.11 Å². The van der Waals surface area contributed by atoms with Gasteiger partial charge in [-0.05, 0) is 36.0 Å². The van der Waals surface area contributed by atoms with Crippen molar-refractivity contribution in [2.24, 2.45) is 0 Å². The van der Waals surface area contributed by atoms with Gasteiger partial charge in [0, 0.05) is 6.54 Å². The van der Waals surface area contributed by atoms with Crippen molar-refractivity contribution in [3.05, 3.63) is 36.2 Å². The Morgan fingerprint density at radius 2 is 2.05 bits per heavy atom. The van der Waals surface area contributed by atoms with Crippen LogP contribution in [0.5, 0.6) is 0 Å². The first-order chi connectivity index (χ1) is 9.27. The highest BCUT2D eigenvalue weighted by Crippen LogP contribution is 2.19. The molecule has 1 N–H and O–H groups in total. The number of likely N-dealkylation sites (N-methyl/N-ethyl adjacent to an activating group) is 1. The van der Waals surface area contributed by atoms with Crippen LogP contribution in [0.15, 0.2) is 30.3 Å². The minimum atomic E-state index is 0.0485. The summed E-state index contributed by atoms with van der Waals surface area (Å²) in [5, 5.41) is 21.0. The molecule has 0 bridgehead atoms. The quantitative estimate of drug-likeness (QED) is 0.841. The van der Waals surface area contributed by atoms with Gasteiger partial charge in [-0.1, -0.05) is 25.1 Å². The van der Waals surface area contributed by atoms with Crippen LogP contribution in [0.3, 0.4) is 0 Å². The van der Waals surface area contributed by atoms with Crippen LogP contribution in [0.2, 0.25) is 0 Å². The first-order valence-corrected chi connectivity index (χ1v) is 6.46. The van der Waals surface area contributed by atoms with E-state index in [1.54, 1.807) is 4.68 Å². The molecule has 0 saturated heterocycles. The molecule has 0 aliphatic carbocycles. The Bertz CT molecular complexity index is 499. The molecule has 0 radical (unpaired) electrons. The molecule has 1 atom stereocenters. The molecule has 6 heteroatoms. The van der Waals surface area contributed by atoms with E-state index in [9.17, 15) is 0 Å². The van der Waals surface area contributed by atoms with Crippen molar-refractivity contribution in [3.63, 3.8) is 0 Å². The summed E-state index contributed by atoms with van der Waals surface area (Å²) in [6, 6.07) is 9.85. The average Bonchev–Trinajstić information content (AvgIpc) is 2.94. The Labute approximate surface area is 112 Å². The van der Waals surface area contributed by atoms with Crippen LogP contribution in [0.1, 0.15) is 25.7 Å². The van der Waals surface area contributed by atoms with Crippen LogP contribution in [-0.2, 0) is 0 Å². The highest BCUT2D eigenvalue weighted by atomic mass is 16.3. The number of hydrogen-bond acceptors (Lipinski definition) is 5. The monoisotopic (exact) mass is 261 g/mol. The Kier molecular flexibility index (Phi) is 4.59. The number of nitrogens with zero attached hydrogens (tertiary/aromatic N) is 5. The predicted octanol–water partition coefficient (Wildman–Crippen LogP) is 1.04. The Hall–Kier alpha value is -1.79. The number of rotatable bonds is 6. The highest BCUT2D eigenvalue weighted by molar-refractivity contribution is 5.30. The molecule has 0 spiro atoms. The molecule has 1 aromatic heterocycles. The van der Waals surface area contributed by atoms with Crippen molar-refractivity contribution in [1.29, 1.82) is 0 Å². The summed E-state index contributed by atoms with van der Waals surface area (Å²) in [5.41, 5.74) is 0.939. The largest absolute Gasteiger partial charge is 0.395 e. The highest BCUT2D eigenvalue weighted by Gasteiger charge is 2.20. The molecule has 2 aromatic rings. The molecule has 1 unspecified atom stereocenters. The fraction of sp³-hybridized carbons (Fsp3) is 0.462. The summed E-state index contributed by atoms with van der Waals surface area (Å²) < 4.78 is 1.74. The first kappa shape index (κ1) is 13.6. The van der Waals surface area contributed by atoms with Gasteiger partial charge in [0.1, 0.15) is 0 Å². The molecule has 0 saturated carbocycles. The van der Waals surface area contributed by atoms with Crippen molar-refractivity contribution in [2.45, 2.75) is 19.9 Å². The number of benzene rings is 1. The zero-order chi connectivity index (χ0) is 13.7. The summed E-state index contributed by atoms with van der Waals surface area (Å²) in [7, 11) is 0. The van der Waals surface area contributed by atoms with E-state index in [1.807, 2.05) is 37.3 Å². The lowest BCUT2D eigenvalue weighted by Crippen LogP contribution is -2.31. The lowest BCUT2D eigenvalue weighted by Gasteiger charge is -2.25. The van der Waals surface area contributed by atoms with E-state index in [1.165, 1.54) is 0 Å². The minimum Gasteiger partial charge on any atom is -0.395 e.